The first-order valence-corrected chi connectivity index (χ1v) is 12.9. The number of rotatable bonds is 6. The van der Waals surface area contributed by atoms with Gasteiger partial charge in [-0.25, -0.2) is 0 Å². The zero-order chi connectivity index (χ0) is 23.5. The number of pyridine rings is 1. The van der Waals surface area contributed by atoms with Gasteiger partial charge in [0.05, 0.1) is 0 Å². The Balaban J connectivity index is 1.31. The summed E-state index contributed by atoms with van der Waals surface area (Å²) < 4.78 is 2.88. The third kappa shape index (κ3) is 5.22. The minimum absolute atomic E-state index is 0.148. The van der Waals surface area contributed by atoms with Crippen LogP contribution in [0, 0.1) is 0 Å². The number of aromatic nitrogens is 4. The number of nitrogens with two attached hydrogens (primary N) is 1. The number of nitrogens with zero attached hydrogens (tertiary/aromatic N) is 5. The number of anilines is 2. The van der Waals surface area contributed by atoms with Gasteiger partial charge in [0.15, 0.2) is 0 Å². The van der Waals surface area contributed by atoms with Gasteiger partial charge >= 0.3 is 176 Å². The zero-order valence-electron chi connectivity index (χ0n) is 18.5. The van der Waals surface area contributed by atoms with Crippen LogP contribution in [-0.4, -0.2) is 61.6 Å². The van der Waals surface area contributed by atoms with Gasteiger partial charge in [0.2, 0.25) is 0 Å². The van der Waals surface area contributed by atoms with Crippen LogP contribution in [0.25, 0.3) is 10.6 Å². The van der Waals surface area contributed by atoms with Crippen molar-refractivity contribution in [3.8, 4) is 10.6 Å². The summed E-state index contributed by atoms with van der Waals surface area (Å²) >= 11 is 3.95. The van der Waals surface area contributed by atoms with E-state index in [1.165, 1.54) is 11.3 Å². The molecule has 1 amide bonds. The quantitative estimate of drug-likeness (QED) is 0.369. The van der Waals surface area contributed by atoms with Crippen molar-refractivity contribution in [1.82, 2.24) is 19.7 Å². The SMILES string of the molecule is NC1CCCN(c2ccc([As])cc2NC(=O)c2csc(-c3cnn(Cc4ccncc4)c3)n2)C1. The van der Waals surface area contributed by atoms with E-state index >= 15 is 0 Å². The van der Waals surface area contributed by atoms with Gasteiger partial charge in [0.1, 0.15) is 0 Å². The molecule has 0 spiro atoms. The number of hydrogen-bond acceptors (Lipinski definition) is 7. The Labute approximate surface area is 210 Å². The average Bonchev–Trinajstić information content (AvgIpc) is 3.50. The second kappa shape index (κ2) is 10.1. The molecule has 0 aliphatic carbocycles. The van der Waals surface area contributed by atoms with E-state index in [-0.39, 0.29) is 11.9 Å². The van der Waals surface area contributed by atoms with Crippen molar-refractivity contribution < 1.29 is 4.79 Å². The summed E-state index contributed by atoms with van der Waals surface area (Å²) in [5, 5.41) is 10.0. The van der Waals surface area contributed by atoms with Crippen LogP contribution in [0.15, 0.2) is 60.5 Å². The van der Waals surface area contributed by atoms with Crippen LogP contribution >= 0.6 is 11.3 Å². The van der Waals surface area contributed by atoms with Gasteiger partial charge in [-0.1, -0.05) is 0 Å². The fraction of sp³-hybridized carbons (Fsp3) is 0.250. The van der Waals surface area contributed by atoms with Crippen LogP contribution in [0.5, 0.6) is 0 Å². The molecule has 34 heavy (non-hydrogen) atoms. The number of carbonyl (C=O) groups excluding carboxylic acids is 1. The van der Waals surface area contributed by atoms with Crippen LogP contribution in [0.3, 0.4) is 0 Å². The van der Waals surface area contributed by atoms with Gasteiger partial charge in [0.25, 0.3) is 0 Å². The molecule has 1 fully saturated rings. The Hall–Kier alpha value is -3.00. The molecule has 1 unspecified atom stereocenters. The molecule has 4 aromatic rings. The van der Waals surface area contributed by atoms with Gasteiger partial charge in [-0.2, -0.15) is 0 Å². The number of piperidine rings is 1. The molecule has 1 aliphatic heterocycles. The topological polar surface area (TPSA) is 102 Å². The molecule has 1 aromatic carbocycles. The molecule has 3 N–H and O–H groups in total. The van der Waals surface area contributed by atoms with Crippen LogP contribution in [0.2, 0.25) is 0 Å². The zero-order valence-corrected chi connectivity index (χ0v) is 21.2. The normalized spacial score (nSPS) is 15.9. The molecule has 0 saturated carbocycles. The van der Waals surface area contributed by atoms with Crippen LogP contribution in [0.1, 0.15) is 28.9 Å². The van der Waals surface area contributed by atoms with E-state index in [2.05, 4.69) is 42.1 Å². The van der Waals surface area contributed by atoms with Gasteiger partial charge < -0.3 is 0 Å². The summed E-state index contributed by atoms with van der Waals surface area (Å²) in [6, 6.07) is 10.1. The first-order valence-electron chi connectivity index (χ1n) is 11.1. The second-order valence-corrected chi connectivity index (χ2v) is 10.3. The fourth-order valence-electron chi connectivity index (χ4n) is 4.06. The number of carbonyl (C=O) groups is 1. The molecule has 10 heteroatoms. The molecule has 5 rings (SSSR count). The standard InChI is InChI=1S/C24H24AsN7OS/c25-18-3-4-22(31-9-1-2-19(26)14-31)20(10-18)29-23(33)21-15-34-24(30-21)17-11-28-32(13-17)12-16-5-7-27-8-6-16/h3-8,10-11,13,15,19H,1-2,9,12,14,26H2,(H,29,33). The molecule has 2 radical (unpaired) electrons. The van der Waals surface area contributed by atoms with Crippen molar-refractivity contribution in [2.75, 3.05) is 23.3 Å². The number of thiazole rings is 1. The Morgan fingerprint density at radius 3 is 2.94 bits per heavy atom. The number of nitrogens with one attached hydrogen (secondary N) is 1. The first kappa shape index (κ1) is 22.8. The van der Waals surface area contributed by atoms with E-state index in [1.54, 1.807) is 24.0 Å². The van der Waals surface area contributed by atoms with Crippen molar-refractivity contribution >= 4 is 49.8 Å². The van der Waals surface area contributed by atoms with Gasteiger partial charge in [-0.3, -0.25) is 4.98 Å². The molecule has 8 nitrogen and oxygen atoms in total. The van der Waals surface area contributed by atoms with Gasteiger partial charge in [-0.05, 0) is 17.7 Å². The Morgan fingerprint density at radius 1 is 1.26 bits per heavy atom. The summed E-state index contributed by atoms with van der Waals surface area (Å²) in [6.45, 7) is 2.36. The summed E-state index contributed by atoms with van der Waals surface area (Å²) in [5.41, 5.74) is 10.3. The van der Waals surface area contributed by atoms with Gasteiger partial charge in [-0.15, -0.1) is 0 Å². The van der Waals surface area contributed by atoms with Gasteiger partial charge in [0, 0.05) is 12.4 Å². The summed E-state index contributed by atoms with van der Waals surface area (Å²) in [5.74, 6) is -0.229. The predicted octanol–water partition coefficient (Wildman–Crippen LogP) is 2.42. The Bertz CT molecular complexity index is 1290. The molecule has 1 aliphatic rings. The molecule has 0 bridgehead atoms. The van der Waals surface area contributed by atoms with Crippen LogP contribution in [0.4, 0.5) is 11.4 Å². The fourth-order valence-corrected chi connectivity index (χ4v) is 5.26. The van der Waals surface area contributed by atoms with Crippen molar-refractivity contribution in [2.24, 2.45) is 5.73 Å². The van der Waals surface area contributed by atoms with E-state index in [9.17, 15) is 4.79 Å². The third-order valence-electron chi connectivity index (χ3n) is 5.74. The Morgan fingerprint density at radius 2 is 2.12 bits per heavy atom. The molecular formula is C24H24AsN7OS. The van der Waals surface area contributed by atoms with Crippen LogP contribution in [-0.2, 0) is 6.54 Å². The maximum absolute atomic E-state index is 13.1. The predicted molar refractivity (Wildman–Crippen MR) is 136 cm³/mol. The molecule has 1 atom stereocenters. The van der Waals surface area contributed by atoms with Crippen molar-refractivity contribution in [3.05, 3.63) is 71.8 Å². The van der Waals surface area contributed by atoms with Crippen molar-refractivity contribution in [2.45, 2.75) is 25.4 Å². The number of hydrogen-bond donors (Lipinski definition) is 2. The Kier molecular flexibility index (Phi) is 6.76. The van der Waals surface area contributed by atoms with Crippen molar-refractivity contribution in [1.29, 1.82) is 0 Å². The molecule has 4 heterocycles. The van der Waals surface area contributed by atoms with E-state index in [1.807, 2.05) is 41.2 Å². The molecule has 3 aromatic heterocycles. The van der Waals surface area contributed by atoms with E-state index in [4.69, 9.17) is 5.73 Å². The monoisotopic (exact) mass is 533 g/mol. The van der Waals surface area contributed by atoms with Crippen molar-refractivity contribution in [3.63, 3.8) is 0 Å². The average molecular weight is 533 g/mol. The minimum atomic E-state index is -0.229. The van der Waals surface area contributed by atoms with E-state index in [0.717, 1.165) is 57.8 Å². The number of benzene rings is 1. The van der Waals surface area contributed by atoms with E-state index < -0.39 is 0 Å². The number of amides is 1. The molecule has 172 valence electrons. The third-order valence-corrected chi connectivity index (χ3v) is 7.21. The maximum atomic E-state index is 13.1. The van der Waals surface area contributed by atoms with E-state index in [0.29, 0.717) is 12.2 Å². The summed E-state index contributed by atoms with van der Waals surface area (Å²) in [7, 11) is 0. The summed E-state index contributed by atoms with van der Waals surface area (Å²) in [4.78, 5) is 23.9. The second-order valence-electron chi connectivity index (χ2n) is 8.32. The molecular weight excluding hydrogens is 509 g/mol. The first-order chi connectivity index (χ1) is 16.5. The summed E-state index contributed by atoms with van der Waals surface area (Å²) in [6.07, 6.45) is 9.33. The van der Waals surface area contributed by atoms with Crippen LogP contribution < -0.4 is 20.3 Å². The molecule has 1 saturated heterocycles.